The van der Waals surface area contributed by atoms with Crippen molar-refractivity contribution in [2.24, 2.45) is 0 Å². The van der Waals surface area contributed by atoms with Crippen LogP contribution in [0.3, 0.4) is 0 Å². The first-order valence-electron chi connectivity index (χ1n) is 9.75. The summed E-state index contributed by atoms with van der Waals surface area (Å²) in [6.07, 6.45) is 7.20. The maximum Gasteiger partial charge on any atom is 0.227 e. The Balaban J connectivity index is 1.52. The van der Waals surface area contributed by atoms with Gasteiger partial charge in [-0.15, -0.1) is 0 Å². The zero-order valence-electron chi connectivity index (χ0n) is 15.6. The van der Waals surface area contributed by atoms with Crippen molar-refractivity contribution in [1.29, 1.82) is 0 Å². The molecule has 0 saturated carbocycles. The van der Waals surface area contributed by atoms with E-state index in [1.54, 1.807) is 12.1 Å². The highest BCUT2D eigenvalue weighted by molar-refractivity contribution is 6.42. The lowest BCUT2D eigenvalue weighted by molar-refractivity contribution is -0.134. The number of amides is 1. The molecule has 0 radical (unpaired) electrons. The molecule has 2 saturated heterocycles. The second-order valence-corrected chi connectivity index (χ2v) is 8.33. The van der Waals surface area contributed by atoms with Crippen LogP contribution in [0.25, 0.3) is 0 Å². The summed E-state index contributed by atoms with van der Waals surface area (Å²) in [7, 11) is 0. The molecule has 7 heteroatoms. The normalized spacial score (nSPS) is 25.1. The molecule has 28 heavy (non-hydrogen) atoms. The first kappa shape index (κ1) is 19.6. The summed E-state index contributed by atoms with van der Waals surface area (Å²) in [5.41, 5.74) is 8.88. The summed E-state index contributed by atoms with van der Waals surface area (Å²) in [4.78, 5) is 19.4. The zero-order valence-corrected chi connectivity index (χ0v) is 17.1. The molecule has 2 aliphatic heterocycles. The minimum atomic E-state index is 0.144. The third kappa shape index (κ3) is 4.18. The van der Waals surface area contributed by atoms with Crippen LogP contribution in [0.2, 0.25) is 10.0 Å². The fourth-order valence-electron chi connectivity index (χ4n) is 4.38. The van der Waals surface area contributed by atoms with Gasteiger partial charge in [-0.2, -0.15) is 0 Å². The van der Waals surface area contributed by atoms with E-state index < -0.39 is 0 Å². The molecule has 1 aromatic carbocycles. The van der Waals surface area contributed by atoms with Gasteiger partial charge in [-0.1, -0.05) is 29.3 Å². The minimum absolute atomic E-state index is 0.144. The number of carbonyl (C=O) groups excluding carboxylic acids is 1. The molecular weight excluding hydrogens is 395 g/mol. The maximum absolute atomic E-state index is 13.2. The van der Waals surface area contributed by atoms with Crippen LogP contribution in [0.5, 0.6) is 0 Å². The second kappa shape index (κ2) is 8.78. The lowest BCUT2D eigenvalue weighted by Gasteiger charge is -2.41. The summed E-state index contributed by atoms with van der Waals surface area (Å²) < 4.78 is 0. The van der Waals surface area contributed by atoms with Crippen LogP contribution in [-0.2, 0) is 11.2 Å². The summed E-state index contributed by atoms with van der Waals surface area (Å²) in [6, 6.07) is 9.89. The van der Waals surface area contributed by atoms with Crippen LogP contribution in [0.4, 0.5) is 0 Å². The molecule has 0 spiro atoms. The van der Waals surface area contributed by atoms with E-state index in [9.17, 15) is 4.79 Å². The summed E-state index contributed by atoms with van der Waals surface area (Å²) in [5.74, 6) is 0.455. The van der Waals surface area contributed by atoms with Gasteiger partial charge in [0.05, 0.1) is 16.5 Å². The number of benzene rings is 1. The predicted octanol–water partition coefficient (Wildman–Crippen LogP) is 3.57. The zero-order chi connectivity index (χ0) is 19.5. The molecule has 148 valence electrons. The van der Waals surface area contributed by atoms with Gasteiger partial charge in [0.2, 0.25) is 5.91 Å². The summed E-state index contributed by atoms with van der Waals surface area (Å²) >= 11 is 12.1. The molecule has 0 aliphatic carbocycles. The van der Waals surface area contributed by atoms with E-state index in [1.807, 2.05) is 18.5 Å². The van der Waals surface area contributed by atoms with Crippen molar-refractivity contribution < 1.29 is 4.79 Å². The van der Waals surface area contributed by atoms with Crippen molar-refractivity contribution >= 4 is 29.1 Å². The molecule has 2 N–H and O–H groups in total. The van der Waals surface area contributed by atoms with E-state index in [2.05, 4.69) is 32.9 Å². The Morgan fingerprint density at radius 1 is 1.14 bits per heavy atom. The van der Waals surface area contributed by atoms with E-state index in [1.165, 1.54) is 5.56 Å². The van der Waals surface area contributed by atoms with Crippen molar-refractivity contribution in [3.05, 3.63) is 63.9 Å². The molecule has 1 aromatic heterocycles. The number of carbonyl (C=O) groups is 1. The van der Waals surface area contributed by atoms with E-state index in [0.29, 0.717) is 22.4 Å². The molecule has 1 amide bonds. The standard InChI is InChI=1S/C21H24Cl2N4O/c22-17-5-4-14(11-18(17)23)12-20(28)27-10-2-1-3-19(27)21-16(13-25-26-21)15-6-8-24-9-7-15/h4-9,11,16,19,21,25-26H,1-3,10,12-13H2. The Bertz CT molecular complexity index is 832. The first-order valence-corrected chi connectivity index (χ1v) is 10.5. The van der Waals surface area contributed by atoms with Gasteiger partial charge < -0.3 is 4.90 Å². The Kier molecular flexibility index (Phi) is 6.16. The van der Waals surface area contributed by atoms with Crippen LogP contribution in [0.15, 0.2) is 42.7 Å². The Morgan fingerprint density at radius 3 is 2.75 bits per heavy atom. The van der Waals surface area contributed by atoms with Crippen LogP contribution in [0.1, 0.15) is 36.3 Å². The van der Waals surface area contributed by atoms with Crippen LogP contribution in [-0.4, -0.2) is 41.0 Å². The maximum atomic E-state index is 13.2. The third-order valence-electron chi connectivity index (χ3n) is 5.78. The Morgan fingerprint density at radius 2 is 1.96 bits per heavy atom. The van der Waals surface area contributed by atoms with Gasteiger partial charge in [0.25, 0.3) is 0 Å². The molecule has 3 atom stereocenters. The number of piperidine rings is 1. The monoisotopic (exact) mass is 418 g/mol. The van der Waals surface area contributed by atoms with Gasteiger partial charge in [0.1, 0.15) is 0 Å². The van der Waals surface area contributed by atoms with Crippen molar-refractivity contribution in [1.82, 2.24) is 20.7 Å². The van der Waals surface area contributed by atoms with Crippen molar-refractivity contribution in [2.45, 2.75) is 43.7 Å². The number of halogens is 2. The number of nitrogens with zero attached hydrogens (tertiary/aromatic N) is 2. The molecule has 4 rings (SSSR count). The summed E-state index contributed by atoms with van der Waals surface area (Å²) in [5, 5.41) is 0.997. The van der Waals surface area contributed by atoms with Crippen molar-refractivity contribution in [2.75, 3.05) is 13.1 Å². The SMILES string of the molecule is O=C(Cc1ccc(Cl)c(Cl)c1)N1CCCCC1C1NNCC1c1ccncc1. The van der Waals surface area contributed by atoms with Crippen LogP contribution in [0, 0.1) is 0 Å². The molecule has 3 unspecified atom stereocenters. The lowest BCUT2D eigenvalue weighted by atomic mass is 9.84. The minimum Gasteiger partial charge on any atom is -0.338 e. The van der Waals surface area contributed by atoms with E-state index >= 15 is 0 Å². The number of nitrogens with one attached hydrogen (secondary N) is 2. The highest BCUT2D eigenvalue weighted by Crippen LogP contribution is 2.31. The van der Waals surface area contributed by atoms with Gasteiger partial charge >= 0.3 is 0 Å². The number of pyridine rings is 1. The summed E-state index contributed by atoms with van der Waals surface area (Å²) in [6.45, 7) is 1.64. The predicted molar refractivity (Wildman–Crippen MR) is 111 cm³/mol. The first-order chi connectivity index (χ1) is 13.6. The van der Waals surface area contributed by atoms with E-state index in [0.717, 1.165) is 37.9 Å². The second-order valence-electron chi connectivity index (χ2n) is 7.51. The highest BCUT2D eigenvalue weighted by Gasteiger charge is 2.40. The average Bonchev–Trinajstić information content (AvgIpc) is 3.21. The van der Waals surface area contributed by atoms with Crippen LogP contribution < -0.4 is 10.9 Å². The average molecular weight is 419 g/mol. The number of hydrazine groups is 1. The third-order valence-corrected chi connectivity index (χ3v) is 6.52. The largest absolute Gasteiger partial charge is 0.338 e. The fraction of sp³-hybridized carbons (Fsp3) is 0.429. The van der Waals surface area contributed by atoms with E-state index in [4.69, 9.17) is 23.2 Å². The van der Waals surface area contributed by atoms with Gasteiger partial charge in [0, 0.05) is 43.5 Å². The number of likely N-dealkylation sites (tertiary alicyclic amines) is 1. The highest BCUT2D eigenvalue weighted by atomic mass is 35.5. The number of aromatic nitrogens is 1. The molecule has 2 aliphatic rings. The van der Waals surface area contributed by atoms with Gasteiger partial charge in [-0.05, 0) is 54.7 Å². The molecule has 0 bridgehead atoms. The molecule has 2 fully saturated rings. The smallest absolute Gasteiger partial charge is 0.227 e. The Hall–Kier alpha value is -1.66. The topological polar surface area (TPSA) is 57.3 Å². The Labute approximate surface area is 175 Å². The van der Waals surface area contributed by atoms with Gasteiger partial charge in [-0.3, -0.25) is 20.6 Å². The quantitative estimate of drug-likeness (QED) is 0.796. The number of hydrogen-bond acceptors (Lipinski definition) is 4. The lowest BCUT2D eigenvalue weighted by Crippen LogP contribution is -2.55. The van der Waals surface area contributed by atoms with Gasteiger partial charge in [-0.25, -0.2) is 0 Å². The van der Waals surface area contributed by atoms with Crippen molar-refractivity contribution in [3.63, 3.8) is 0 Å². The molecule has 5 nitrogen and oxygen atoms in total. The van der Waals surface area contributed by atoms with Crippen molar-refractivity contribution in [3.8, 4) is 0 Å². The van der Waals surface area contributed by atoms with E-state index in [-0.39, 0.29) is 18.0 Å². The number of rotatable bonds is 4. The number of hydrogen-bond donors (Lipinski definition) is 2. The molecule has 2 aromatic rings. The fourth-order valence-corrected chi connectivity index (χ4v) is 4.70. The van der Waals surface area contributed by atoms with Gasteiger partial charge in [0.15, 0.2) is 0 Å². The van der Waals surface area contributed by atoms with Crippen LogP contribution >= 0.6 is 23.2 Å². The molecular formula is C21H24Cl2N4O. The molecule has 3 heterocycles.